The topological polar surface area (TPSA) is 100 Å². The van der Waals surface area contributed by atoms with Crippen LogP contribution in [0.1, 0.15) is 26.3 Å². The summed E-state index contributed by atoms with van der Waals surface area (Å²) in [6, 6.07) is 4.71. The molecule has 2 aliphatic rings. The van der Waals surface area contributed by atoms with Crippen LogP contribution in [-0.2, 0) is 19.9 Å². The van der Waals surface area contributed by atoms with Crippen LogP contribution in [0.25, 0.3) is 0 Å². The van der Waals surface area contributed by atoms with E-state index in [4.69, 9.17) is 4.74 Å². The third-order valence-corrected chi connectivity index (χ3v) is 5.82. The number of hydrogen-bond donors (Lipinski definition) is 2. The number of nitrogens with one attached hydrogen (secondary N) is 2. The molecule has 0 bridgehead atoms. The van der Waals surface area contributed by atoms with Crippen molar-refractivity contribution in [1.82, 2.24) is 20.4 Å². The highest BCUT2D eigenvalue weighted by Crippen LogP contribution is 2.30. The van der Waals surface area contributed by atoms with Gasteiger partial charge in [-0.2, -0.15) is 8.78 Å². The van der Waals surface area contributed by atoms with E-state index < -0.39 is 36.5 Å². The van der Waals surface area contributed by atoms with Gasteiger partial charge in [0.2, 0.25) is 5.91 Å². The molecule has 9 nitrogen and oxygen atoms in total. The average molecular weight is 454 g/mol. The number of nitrogens with zero attached hydrogens (tertiary/aromatic N) is 2. The normalized spacial score (nSPS) is 22.2. The lowest BCUT2D eigenvalue weighted by atomic mass is 9.92. The van der Waals surface area contributed by atoms with E-state index in [2.05, 4.69) is 20.3 Å². The lowest BCUT2D eigenvalue weighted by Crippen LogP contribution is -2.56. The van der Waals surface area contributed by atoms with Gasteiger partial charge in [-0.3, -0.25) is 19.4 Å². The maximum atomic E-state index is 13.0. The van der Waals surface area contributed by atoms with Crippen LogP contribution in [-0.4, -0.2) is 79.2 Å². The summed E-state index contributed by atoms with van der Waals surface area (Å²) >= 11 is 0. The van der Waals surface area contributed by atoms with Crippen molar-refractivity contribution in [3.8, 4) is 5.75 Å². The number of imide groups is 1. The molecule has 0 aliphatic carbocycles. The monoisotopic (exact) mass is 454 g/mol. The first-order chi connectivity index (χ1) is 15.0. The van der Waals surface area contributed by atoms with E-state index in [0.29, 0.717) is 25.3 Å². The Bertz CT molecular complexity index is 858. The van der Waals surface area contributed by atoms with Crippen molar-refractivity contribution in [1.29, 1.82) is 0 Å². The zero-order valence-corrected chi connectivity index (χ0v) is 18.3. The SMILES string of the molecule is CC1(c2ccc(OC(F)F)cc2)NC(=O)N(CC(=O)NCC(C)(C)N2CCOCC2)C1=O. The molecule has 1 aromatic rings. The van der Waals surface area contributed by atoms with Crippen LogP contribution in [0.2, 0.25) is 0 Å². The highest BCUT2D eigenvalue weighted by molar-refractivity contribution is 6.09. The highest BCUT2D eigenvalue weighted by atomic mass is 19.3. The first-order valence-electron chi connectivity index (χ1n) is 10.3. The molecule has 1 atom stereocenters. The Hall–Kier alpha value is -2.79. The van der Waals surface area contributed by atoms with Gasteiger partial charge in [0.1, 0.15) is 17.8 Å². The summed E-state index contributed by atoms with van der Waals surface area (Å²) in [6.45, 7) is 5.24. The van der Waals surface area contributed by atoms with Crippen LogP contribution in [0.15, 0.2) is 24.3 Å². The number of urea groups is 1. The standard InChI is InChI=1S/C21H28F2N4O5/c1-20(2,26-8-10-31-11-9-26)13-24-16(28)12-27-17(29)21(3,25-19(27)30)14-4-6-15(7-5-14)32-18(22)23/h4-7,18H,8-13H2,1-3H3,(H,24,28)(H,25,30). The molecule has 2 heterocycles. The summed E-state index contributed by atoms with van der Waals surface area (Å²) in [6.07, 6.45) is 0. The Morgan fingerprint density at radius 2 is 1.88 bits per heavy atom. The van der Waals surface area contributed by atoms with Gasteiger partial charge in [0.15, 0.2) is 0 Å². The van der Waals surface area contributed by atoms with E-state index in [0.717, 1.165) is 18.0 Å². The van der Waals surface area contributed by atoms with E-state index in [1.54, 1.807) is 0 Å². The van der Waals surface area contributed by atoms with Gasteiger partial charge in [0.25, 0.3) is 5.91 Å². The molecule has 32 heavy (non-hydrogen) atoms. The fourth-order valence-electron chi connectivity index (χ4n) is 3.80. The second-order valence-electron chi connectivity index (χ2n) is 8.54. The average Bonchev–Trinajstić information content (AvgIpc) is 2.97. The van der Waals surface area contributed by atoms with Crippen LogP contribution >= 0.6 is 0 Å². The van der Waals surface area contributed by atoms with Crippen LogP contribution in [0.3, 0.4) is 0 Å². The van der Waals surface area contributed by atoms with Gasteiger partial charge in [0, 0.05) is 25.2 Å². The largest absolute Gasteiger partial charge is 0.435 e. The number of rotatable bonds is 8. The zero-order valence-electron chi connectivity index (χ0n) is 18.3. The summed E-state index contributed by atoms with van der Waals surface area (Å²) in [5.41, 5.74) is -1.35. The molecule has 176 valence electrons. The van der Waals surface area contributed by atoms with Gasteiger partial charge in [0.05, 0.1) is 13.2 Å². The summed E-state index contributed by atoms with van der Waals surface area (Å²) in [4.78, 5) is 41.0. The molecule has 2 saturated heterocycles. The first-order valence-corrected chi connectivity index (χ1v) is 10.3. The minimum Gasteiger partial charge on any atom is -0.435 e. The number of benzene rings is 1. The van der Waals surface area contributed by atoms with Crippen molar-refractivity contribution in [2.24, 2.45) is 0 Å². The number of morpholine rings is 1. The van der Waals surface area contributed by atoms with E-state index in [9.17, 15) is 23.2 Å². The summed E-state index contributed by atoms with van der Waals surface area (Å²) in [5, 5.41) is 5.38. The van der Waals surface area contributed by atoms with Gasteiger partial charge >= 0.3 is 12.6 Å². The molecule has 4 amide bonds. The summed E-state index contributed by atoms with van der Waals surface area (Å²) < 4.78 is 34.3. The number of carbonyl (C=O) groups is 3. The van der Waals surface area contributed by atoms with Crippen LogP contribution in [0, 0.1) is 0 Å². The van der Waals surface area contributed by atoms with Crippen molar-refractivity contribution in [3.05, 3.63) is 29.8 Å². The summed E-state index contributed by atoms with van der Waals surface area (Å²) in [5.74, 6) is -1.13. The van der Waals surface area contributed by atoms with E-state index in [1.807, 2.05) is 13.8 Å². The minimum absolute atomic E-state index is 0.0664. The van der Waals surface area contributed by atoms with Gasteiger partial charge < -0.3 is 20.1 Å². The molecular weight excluding hydrogens is 426 g/mol. The molecule has 0 radical (unpaired) electrons. The Balaban J connectivity index is 1.61. The number of amides is 4. The van der Waals surface area contributed by atoms with Gasteiger partial charge in [-0.1, -0.05) is 12.1 Å². The van der Waals surface area contributed by atoms with E-state index >= 15 is 0 Å². The molecule has 2 fully saturated rings. The van der Waals surface area contributed by atoms with Crippen LogP contribution < -0.4 is 15.4 Å². The number of carbonyl (C=O) groups excluding carboxylic acids is 3. The molecule has 0 saturated carbocycles. The first kappa shape index (κ1) is 23.9. The second-order valence-corrected chi connectivity index (χ2v) is 8.54. The van der Waals surface area contributed by atoms with Crippen LogP contribution in [0.4, 0.5) is 13.6 Å². The minimum atomic E-state index is -2.97. The molecule has 11 heteroatoms. The number of ether oxygens (including phenoxy) is 2. The Labute approximate surface area is 185 Å². The second kappa shape index (κ2) is 9.37. The predicted octanol–water partition coefficient (Wildman–Crippen LogP) is 1.28. The third-order valence-electron chi connectivity index (χ3n) is 5.82. The maximum Gasteiger partial charge on any atom is 0.387 e. The van der Waals surface area contributed by atoms with Gasteiger partial charge in [-0.25, -0.2) is 4.79 Å². The molecule has 2 aliphatic heterocycles. The molecule has 3 rings (SSSR count). The van der Waals surface area contributed by atoms with E-state index in [1.165, 1.54) is 31.2 Å². The number of halogens is 2. The quantitative estimate of drug-likeness (QED) is 0.574. The van der Waals surface area contributed by atoms with Gasteiger partial charge in [-0.05, 0) is 38.5 Å². The molecule has 0 aromatic heterocycles. The Kier molecular flexibility index (Phi) is 6.99. The molecule has 1 aromatic carbocycles. The zero-order chi connectivity index (χ0) is 23.5. The smallest absolute Gasteiger partial charge is 0.387 e. The van der Waals surface area contributed by atoms with Crippen molar-refractivity contribution >= 4 is 17.8 Å². The molecule has 2 N–H and O–H groups in total. The van der Waals surface area contributed by atoms with E-state index in [-0.39, 0.29) is 11.3 Å². The van der Waals surface area contributed by atoms with Crippen molar-refractivity contribution in [2.45, 2.75) is 38.5 Å². The molecular formula is C21H28F2N4O5. The number of alkyl halides is 2. The fraction of sp³-hybridized carbons (Fsp3) is 0.571. The van der Waals surface area contributed by atoms with Gasteiger partial charge in [-0.15, -0.1) is 0 Å². The molecule has 1 unspecified atom stereocenters. The Morgan fingerprint density at radius 3 is 2.47 bits per heavy atom. The fourth-order valence-corrected chi connectivity index (χ4v) is 3.80. The van der Waals surface area contributed by atoms with Crippen molar-refractivity contribution < 1.29 is 32.6 Å². The third kappa shape index (κ3) is 5.16. The predicted molar refractivity (Wildman–Crippen MR) is 110 cm³/mol. The molecule has 0 spiro atoms. The number of hydrogen-bond acceptors (Lipinski definition) is 6. The lowest BCUT2D eigenvalue weighted by Gasteiger charge is -2.40. The Morgan fingerprint density at radius 1 is 1.25 bits per heavy atom. The lowest BCUT2D eigenvalue weighted by molar-refractivity contribution is -0.135. The maximum absolute atomic E-state index is 13.0. The highest BCUT2D eigenvalue weighted by Gasteiger charge is 2.49. The summed E-state index contributed by atoms with van der Waals surface area (Å²) in [7, 11) is 0. The van der Waals surface area contributed by atoms with Crippen molar-refractivity contribution in [2.75, 3.05) is 39.4 Å². The van der Waals surface area contributed by atoms with Crippen molar-refractivity contribution in [3.63, 3.8) is 0 Å². The van der Waals surface area contributed by atoms with Crippen LogP contribution in [0.5, 0.6) is 5.75 Å².